The number of aliphatic hydroxyl groups is 1. The van der Waals surface area contributed by atoms with Crippen LogP contribution in [0.15, 0.2) is 18.3 Å². The first kappa shape index (κ1) is 14.8. The van der Waals surface area contributed by atoms with E-state index in [2.05, 4.69) is 27.8 Å². The van der Waals surface area contributed by atoms with Crippen molar-refractivity contribution in [3.8, 4) is 6.07 Å². The normalized spacial score (nSPS) is 21.5. The Morgan fingerprint density at radius 3 is 3.00 bits per heavy atom. The van der Waals surface area contributed by atoms with E-state index in [4.69, 9.17) is 0 Å². The second kappa shape index (κ2) is 6.69. The van der Waals surface area contributed by atoms with E-state index in [0.29, 0.717) is 18.2 Å². The summed E-state index contributed by atoms with van der Waals surface area (Å²) in [6.07, 6.45) is 2.46. The molecule has 0 unspecified atom stereocenters. The quantitative estimate of drug-likeness (QED) is 0.895. The van der Waals surface area contributed by atoms with Gasteiger partial charge in [0.1, 0.15) is 11.9 Å². The van der Waals surface area contributed by atoms with E-state index in [1.54, 1.807) is 12.3 Å². The molecule has 20 heavy (non-hydrogen) atoms. The van der Waals surface area contributed by atoms with E-state index in [-0.39, 0.29) is 6.10 Å². The summed E-state index contributed by atoms with van der Waals surface area (Å²) in [4.78, 5) is 8.88. The molecule has 2 rings (SSSR count). The lowest BCUT2D eigenvalue weighted by Crippen LogP contribution is -2.54. The maximum Gasteiger partial charge on any atom is 0.146 e. The van der Waals surface area contributed by atoms with Crippen LogP contribution in [0.5, 0.6) is 0 Å². The van der Waals surface area contributed by atoms with Gasteiger partial charge in [0.15, 0.2) is 0 Å². The number of hydrogen-bond donors (Lipinski definition) is 1. The number of aliphatic hydroxyl groups excluding tert-OH is 1. The molecular weight excluding hydrogens is 252 g/mol. The third-order valence-electron chi connectivity index (χ3n) is 3.78. The lowest BCUT2D eigenvalue weighted by molar-refractivity contribution is 0.0884. The average molecular weight is 274 g/mol. The SMILES string of the molecule is CC[C@H]1CN(c2ncccc2C#N)CCN1C[C@H](C)O. The molecule has 1 fully saturated rings. The van der Waals surface area contributed by atoms with Crippen LogP contribution in [0, 0.1) is 11.3 Å². The fraction of sp³-hybridized carbons (Fsp3) is 0.600. The van der Waals surface area contributed by atoms with Crippen LogP contribution < -0.4 is 4.90 Å². The average Bonchev–Trinajstić information content (AvgIpc) is 2.47. The highest BCUT2D eigenvalue weighted by Gasteiger charge is 2.27. The molecule has 1 aromatic rings. The number of pyridine rings is 1. The Morgan fingerprint density at radius 2 is 2.35 bits per heavy atom. The van der Waals surface area contributed by atoms with Crippen molar-refractivity contribution in [2.45, 2.75) is 32.4 Å². The largest absolute Gasteiger partial charge is 0.392 e. The van der Waals surface area contributed by atoms with Crippen LogP contribution in [0.25, 0.3) is 0 Å². The van der Waals surface area contributed by atoms with Gasteiger partial charge in [0.25, 0.3) is 0 Å². The molecule has 2 heterocycles. The zero-order chi connectivity index (χ0) is 14.5. The van der Waals surface area contributed by atoms with Crippen LogP contribution in [-0.4, -0.2) is 53.3 Å². The molecule has 1 saturated heterocycles. The highest BCUT2D eigenvalue weighted by atomic mass is 16.3. The summed E-state index contributed by atoms with van der Waals surface area (Å²) in [5.41, 5.74) is 0.631. The predicted molar refractivity (Wildman–Crippen MR) is 78.5 cm³/mol. The number of rotatable bonds is 4. The summed E-state index contributed by atoms with van der Waals surface area (Å²) in [5.74, 6) is 0.783. The Hall–Kier alpha value is -1.64. The number of β-amino-alcohol motifs (C(OH)–C–C–N with tert-alkyl or cyclic N) is 1. The lowest BCUT2D eigenvalue weighted by Gasteiger charge is -2.42. The Labute approximate surface area is 120 Å². The second-order valence-electron chi connectivity index (χ2n) is 5.34. The van der Waals surface area contributed by atoms with E-state index in [1.165, 1.54) is 0 Å². The van der Waals surface area contributed by atoms with Gasteiger partial charge in [-0.2, -0.15) is 5.26 Å². The standard InChI is InChI=1S/C15H22N4O/c1-3-14-11-19(8-7-18(14)10-12(2)20)15-13(9-16)5-4-6-17-15/h4-6,12,14,20H,3,7-8,10-11H2,1-2H3/t12-,14-/m0/s1. The number of hydrogen-bond acceptors (Lipinski definition) is 5. The second-order valence-corrected chi connectivity index (χ2v) is 5.34. The fourth-order valence-electron chi connectivity index (χ4n) is 2.79. The molecule has 5 nitrogen and oxygen atoms in total. The van der Waals surface area contributed by atoms with Gasteiger partial charge in [0.05, 0.1) is 11.7 Å². The Kier molecular flexibility index (Phi) is 4.94. The molecule has 0 saturated carbocycles. The minimum atomic E-state index is -0.305. The Morgan fingerprint density at radius 1 is 1.55 bits per heavy atom. The number of piperazine rings is 1. The van der Waals surface area contributed by atoms with Crippen LogP contribution in [0.1, 0.15) is 25.8 Å². The smallest absolute Gasteiger partial charge is 0.146 e. The van der Waals surface area contributed by atoms with Crippen LogP contribution in [0.3, 0.4) is 0 Å². The van der Waals surface area contributed by atoms with Gasteiger partial charge in [-0.05, 0) is 25.5 Å². The number of anilines is 1. The molecule has 1 aromatic heterocycles. The topological polar surface area (TPSA) is 63.4 Å². The van der Waals surface area contributed by atoms with Gasteiger partial charge in [0.2, 0.25) is 0 Å². The molecule has 0 aliphatic carbocycles. The minimum absolute atomic E-state index is 0.305. The molecule has 0 amide bonds. The molecule has 1 N–H and O–H groups in total. The third kappa shape index (κ3) is 3.27. The van der Waals surface area contributed by atoms with Crippen molar-refractivity contribution in [3.63, 3.8) is 0 Å². The first-order chi connectivity index (χ1) is 9.65. The van der Waals surface area contributed by atoms with Crippen molar-refractivity contribution in [1.82, 2.24) is 9.88 Å². The van der Waals surface area contributed by atoms with Gasteiger partial charge in [-0.3, -0.25) is 4.90 Å². The van der Waals surface area contributed by atoms with Gasteiger partial charge in [0, 0.05) is 38.4 Å². The zero-order valence-corrected chi connectivity index (χ0v) is 12.2. The highest BCUT2D eigenvalue weighted by molar-refractivity contribution is 5.53. The van der Waals surface area contributed by atoms with Crippen molar-refractivity contribution >= 4 is 5.82 Å². The van der Waals surface area contributed by atoms with Gasteiger partial charge in [-0.1, -0.05) is 6.92 Å². The zero-order valence-electron chi connectivity index (χ0n) is 12.2. The summed E-state index contributed by atoms with van der Waals surface area (Å²) in [6, 6.07) is 6.21. The fourth-order valence-corrected chi connectivity index (χ4v) is 2.79. The summed E-state index contributed by atoms with van der Waals surface area (Å²) >= 11 is 0. The van der Waals surface area contributed by atoms with E-state index >= 15 is 0 Å². The van der Waals surface area contributed by atoms with Crippen molar-refractivity contribution < 1.29 is 5.11 Å². The first-order valence-electron chi connectivity index (χ1n) is 7.17. The van der Waals surface area contributed by atoms with Crippen molar-refractivity contribution in [2.75, 3.05) is 31.1 Å². The molecular formula is C15H22N4O. The van der Waals surface area contributed by atoms with E-state index in [1.807, 2.05) is 13.0 Å². The minimum Gasteiger partial charge on any atom is -0.392 e. The van der Waals surface area contributed by atoms with E-state index in [9.17, 15) is 10.4 Å². The maximum atomic E-state index is 9.57. The van der Waals surface area contributed by atoms with Crippen LogP contribution in [-0.2, 0) is 0 Å². The highest BCUT2D eigenvalue weighted by Crippen LogP contribution is 2.21. The maximum absolute atomic E-state index is 9.57. The summed E-state index contributed by atoms with van der Waals surface area (Å²) < 4.78 is 0. The molecule has 108 valence electrons. The number of aromatic nitrogens is 1. The molecule has 1 aliphatic rings. The molecule has 0 aromatic carbocycles. The lowest BCUT2D eigenvalue weighted by atomic mass is 10.1. The number of nitriles is 1. The van der Waals surface area contributed by atoms with Crippen molar-refractivity contribution in [1.29, 1.82) is 5.26 Å². The van der Waals surface area contributed by atoms with E-state index in [0.717, 1.165) is 31.9 Å². The monoisotopic (exact) mass is 274 g/mol. The molecule has 0 bridgehead atoms. The van der Waals surface area contributed by atoms with Gasteiger partial charge in [-0.25, -0.2) is 4.98 Å². The molecule has 0 spiro atoms. The number of nitrogens with zero attached hydrogens (tertiary/aromatic N) is 4. The molecule has 5 heteroatoms. The molecule has 2 atom stereocenters. The van der Waals surface area contributed by atoms with Gasteiger partial charge in [-0.15, -0.1) is 0 Å². The summed E-state index contributed by atoms with van der Waals surface area (Å²) in [6.45, 7) is 7.28. The van der Waals surface area contributed by atoms with Crippen molar-refractivity contribution in [3.05, 3.63) is 23.9 Å². The summed E-state index contributed by atoms with van der Waals surface area (Å²) in [7, 11) is 0. The van der Waals surface area contributed by atoms with Crippen LogP contribution in [0.4, 0.5) is 5.82 Å². The predicted octanol–water partition coefficient (Wildman–Crippen LogP) is 1.23. The first-order valence-corrected chi connectivity index (χ1v) is 7.17. The Bertz CT molecular complexity index is 483. The van der Waals surface area contributed by atoms with Crippen molar-refractivity contribution in [2.24, 2.45) is 0 Å². The third-order valence-corrected chi connectivity index (χ3v) is 3.78. The van der Waals surface area contributed by atoms with Gasteiger partial charge >= 0.3 is 0 Å². The van der Waals surface area contributed by atoms with Crippen LogP contribution in [0.2, 0.25) is 0 Å². The molecule has 1 aliphatic heterocycles. The summed E-state index contributed by atoms with van der Waals surface area (Å²) in [5, 5.41) is 18.8. The van der Waals surface area contributed by atoms with E-state index < -0.39 is 0 Å². The van der Waals surface area contributed by atoms with Gasteiger partial charge < -0.3 is 10.0 Å². The Balaban J connectivity index is 2.12. The van der Waals surface area contributed by atoms with Crippen LogP contribution >= 0.6 is 0 Å². The molecule has 0 radical (unpaired) electrons.